The van der Waals surface area contributed by atoms with Gasteiger partial charge in [-0.1, -0.05) is 66.7 Å². The number of benzene rings is 3. The summed E-state index contributed by atoms with van der Waals surface area (Å²) in [5.41, 5.74) is 2.57. The number of carboxylic acid groups (broad SMARTS) is 1. The first kappa shape index (κ1) is 26.1. The number of ether oxygens (including phenoxy) is 3. The Morgan fingerprint density at radius 2 is 1.32 bits per heavy atom. The van der Waals surface area contributed by atoms with Crippen molar-refractivity contribution < 1.29 is 34.0 Å². The molecule has 0 spiro atoms. The smallest absolute Gasteiger partial charge is 0.311 e. The highest BCUT2D eigenvalue weighted by molar-refractivity contribution is 5.98. The quantitative estimate of drug-likeness (QED) is 0.316. The predicted octanol–water partition coefficient (Wildman–Crippen LogP) is 3.39. The lowest BCUT2D eigenvalue weighted by atomic mass is 9.51. The number of nitrogens with one attached hydrogen (secondary N) is 1. The summed E-state index contributed by atoms with van der Waals surface area (Å²) in [5.74, 6) is -3.94. The molecule has 3 N–H and O–H groups in total. The molecule has 3 aromatic carbocycles. The van der Waals surface area contributed by atoms with E-state index in [1.807, 2.05) is 66.7 Å². The molecule has 8 heteroatoms. The van der Waals surface area contributed by atoms with E-state index in [4.69, 9.17) is 19.3 Å². The van der Waals surface area contributed by atoms with Gasteiger partial charge in [-0.25, -0.2) is 0 Å². The van der Waals surface area contributed by atoms with E-state index in [1.165, 1.54) is 0 Å². The summed E-state index contributed by atoms with van der Waals surface area (Å²) in [4.78, 5) is 26.9. The van der Waals surface area contributed by atoms with E-state index in [0.29, 0.717) is 18.9 Å². The second-order valence-electron chi connectivity index (χ2n) is 9.38. The molecule has 38 heavy (non-hydrogen) atoms. The van der Waals surface area contributed by atoms with Gasteiger partial charge in [0.15, 0.2) is 0 Å². The van der Waals surface area contributed by atoms with Gasteiger partial charge in [0, 0.05) is 11.6 Å². The van der Waals surface area contributed by atoms with Crippen molar-refractivity contribution in [3.05, 3.63) is 101 Å². The van der Waals surface area contributed by atoms with Crippen LogP contribution in [0.15, 0.2) is 78.9 Å². The van der Waals surface area contributed by atoms with Crippen LogP contribution < -0.4 is 5.32 Å². The normalized spacial score (nSPS) is 22.9. The fourth-order valence-electron chi connectivity index (χ4n) is 5.96. The zero-order valence-corrected chi connectivity index (χ0v) is 20.9. The minimum atomic E-state index is -1.37. The number of aliphatic carboxylic acids is 1. The summed E-state index contributed by atoms with van der Waals surface area (Å²) in [6.45, 7) is 1.16. The molecule has 0 radical (unpaired) electrons. The van der Waals surface area contributed by atoms with Crippen LogP contribution in [-0.4, -0.2) is 61.7 Å². The van der Waals surface area contributed by atoms with E-state index in [1.54, 1.807) is 12.1 Å². The van der Waals surface area contributed by atoms with Crippen molar-refractivity contribution in [2.45, 2.75) is 11.5 Å². The fourth-order valence-corrected chi connectivity index (χ4v) is 5.96. The molecule has 0 heterocycles. The van der Waals surface area contributed by atoms with Gasteiger partial charge < -0.3 is 29.7 Å². The number of anilines is 1. The number of carbonyl (C=O) groups is 2. The average molecular weight is 518 g/mol. The first-order chi connectivity index (χ1) is 18.6. The molecule has 2 unspecified atom stereocenters. The van der Waals surface area contributed by atoms with Gasteiger partial charge >= 0.3 is 5.97 Å². The molecular weight excluding hydrogens is 486 g/mol. The molecule has 3 aromatic rings. The third-order valence-electron chi connectivity index (χ3n) is 7.32. The molecule has 2 bridgehead atoms. The van der Waals surface area contributed by atoms with Crippen LogP contribution >= 0.6 is 0 Å². The number of hydrogen-bond donors (Lipinski definition) is 3. The minimum Gasteiger partial charge on any atom is -0.481 e. The summed E-state index contributed by atoms with van der Waals surface area (Å²) in [5, 5.41) is 22.4. The molecular formula is C30H31NO7. The predicted molar refractivity (Wildman–Crippen MR) is 140 cm³/mol. The third kappa shape index (κ3) is 4.61. The van der Waals surface area contributed by atoms with Gasteiger partial charge in [-0.3, -0.25) is 9.59 Å². The molecule has 6 rings (SSSR count). The van der Waals surface area contributed by atoms with Crippen LogP contribution in [0.25, 0.3) is 0 Å². The molecule has 0 saturated carbocycles. The highest BCUT2D eigenvalue weighted by atomic mass is 16.6. The van der Waals surface area contributed by atoms with E-state index in [2.05, 4.69) is 5.32 Å². The van der Waals surface area contributed by atoms with Crippen LogP contribution in [-0.2, 0) is 29.4 Å². The zero-order chi connectivity index (χ0) is 26.5. The molecule has 0 saturated heterocycles. The Kier molecular flexibility index (Phi) is 7.85. The van der Waals surface area contributed by atoms with Crippen molar-refractivity contribution in [3.63, 3.8) is 0 Å². The highest BCUT2D eigenvalue weighted by Gasteiger charge is 2.64. The largest absolute Gasteiger partial charge is 0.481 e. The Morgan fingerprint density at radius 3 is 1.92 bits per heavy atom. The van der Waals surface area contributed by atoms with Gasteiger partial charge in [-0.2, -0.15) is 0 Å². The van der Waals surface area contributed by atoms with Crippen molar-refractivity contribution in [1.82, 2.24) is 0 Å². The number of aliphatic hydroxyl groups excluding tert-OH is 1. The standard InChI is InChI=1S/C30H31NO7/c32-14-15-36-16-17-37-18-19-38-30-23-12-6-4-10-21(23)25(22-11-5-7-13-24(22)30)26(27(30)29(34)35)28(33)31-20-8-2-1-3-9-20/h1-13,25-27,32H,14-19H2,(H,31,33)(H,34,35). The van der Waals surface area contributed by atoms with E-state index < -0.39 is 29.3 Å². The van der Waals surface area contributed by atoms with Crippen molar-refractivity contribution in [1.29, 1.82) is 0 Å². The van der Waals surface area contributed by atoms with Gasteiger partial charge in [0.05, 0.1) is 45.6 Å². The minimum absolute atomic E-state index is 0.0545. The van der Waals surface area contributed by atoms with Crippen LogP contribution in [0.2, 0.25) is 0 Å². The fraction of sp³-hybridized carbons (Fsp3) is 0.333. The first-order valence-electron chi connectivity index (χ1n) is 12.8. The van der Waals surface area contributed by atoms with Crippen LogP contribution in [0.4, 0.5) is 5.69 Å². The van der Waals surface area contributed by atoms with Crippen LogP contribution in [0.1, 0.15) is 28.2 Å². The lowest BCUT2D eigenvalue weighted by Gasteiger charge is -2.55. The van der Waals surface area contributed by atoms with E-state index >= 15 is 0 Å². The van der Waals surface area contributed by atoms with Crippen LogP contribution in [0.5, 0.6) is 0 Å². The number of rotatable bonds is 12. The summed E-state index contributed by atoms with van der Waals surface area (Å²) in [6, 6.07) is 24.4. The Balaban J connectivity index is 1.53. The second-order valence-corrected chi connectivity index (χ2v) is 9.38. The summed E-state index contributed by atoms with van der Waals surface area (Å²) in [6.07, 6.45) is 0. The number of carboxylic acids is 1. The molecule has 198 valence electrons. The molecule has 8 nitrogen and oxygen atoms in total. The molecule has 1 amide bonds. The maximum atomic E-state index is 13.8. The number of hydrogen-bond acceptors (Lipinski definition) is 6. The van der Waals surface area contributed by atoms with E-state index in [9.17, 15) is 14.7 Å². The van der Waals surface area contributed by atoms with Gasteiger partial charge in [-0.05, 0) is 34.4 Å². The van der Waals surface area contributed by atoms with Gasteiger partial charge in [-0.15, -0.1) is 0 Å². The van der Waals surface area contributed by atoms with E-state index in [0.717, 1.165) is 22.3 Å². The van der Waals surface area contributed by atoms with Gasteiger partial charge in [0.1, 0.15) is 11.5 Å². The van der Waals surface area contributed by atoms with Crippen LogP contribution in [0, 0.1) is 11.8 Å². The lowest BCUT2D eigenvalue weighted by molar-refractivity contribution is -0.170. The molecule has 3 aliphatic carbocycles. The van der Waals surface area contributed by atoms with E-state index in [-0.39, 0.29) is 32.3 Å². The maximum Gasteiger partial charge on any atom is 0.311 e. The summed E-state index contributed by atoms with van der Waals surface area (Å²) < 4.78 is 17.4. The van der Waals surface area contributed by atoms with Crippen molar-refractivity contribution in [2.24, 2.45) is 11.8 Å². The maximum absolute atomic E-state index is 13.8. The molecule has 2 atom stereocenters. The Hall–Kier alpha value is -3.56. The lowest BCUT2D eigenvalue weighted by Crippen LogP contribution is -2.59. The summed E-state index contributed by atoms with van der Waals surface area (Å²) >= 11 is 0. The van der Waals surface area contributed by atoms with Crippen molar-refractivity contribution in [2.75, 3.05) is 45.0 Å². The van der Waals surface area contributed by atoms with Gasteiger partial charge in [0.2, 0.25) is 5.91 Å². The molecule has 0 aliphatic heterocycles. The van der Waals surface area contributed by atoms with Crippen molar-refractivity contribution in [3.8, 4) is 0 Å². The number of fused-ring (bicyclic) bond motifs is 1. The average Bonchev–Trinajstić information content (AvgIpc) is 2.94. The highest BCUT2D eigenvalue weighted by Crippen LogP contribution is 2.62. The monoisotopic (exact) mass is 517 g/mol. The number of para-hydroxylation sites is 1. The van der Waals surface area contributed by atoms with Gasteiger partial charge in [0.25, 0.3) is 0 Å². The second kappa shape index (κ2) is 11.4. The number of aliphatic hydroxyl groups is 1. The Bertz CT molecular complexity index is 1230. The molecule has 3 aliphatic rings. The van der Waals surface area contributed by atoms with Crippen molar-refractivity contribution >= 4 is 17.6 Å². The zero-order valence-electron chi connectivity index (χ0n) is 20.9. The molecule has 0 aromatic heterocycles. The first-order valence-corrected chi connectivity index (χ1v) is 12.8. The van der Waals surface area contributed by atoms with Crippen LogP contribution in [0.3, 0.4) is 0 Å². The topological polar surface area (TPSA) is 114 Å². The SMILES string of the molecule is O=C(Nc1ccccc1)C1C2c3ccccc3C(OCCOCCOCCO)(c3ccccc32)C1C(=O)O. The molecule has 0 fully saturated rings. The Labute approximate surface area is 221 Å². The summed E-state index contributed by atoms with van der Waals surface area (Å²) in [7, 11) is 0. The number of carbonyl (C=O) groups excluding carboxylic acids is 1. The Morgan fingerprint density at radius 1 is 0.763 bits per heavy atom. The third-order valence-corrected chi connectivity index (χ3v) is 7.32. The number of amides is 1.